The van der Waals surface area contributed by atoms with Crippen molar-refractivity contribution in [2.45, 2.75) is 25.7 Å². The number of pyridine rings is 1. The Hall–Kier alpha value is -1.62. The van der Waals surface area contributed by atoms with Gasteiger partial charge in [0.05, 0.1) is 7.11 Å². The van der Waals surface area contributed by atoms with Gasteiger partial charge in [0.25, 0.3) is 0 Å². The molecule has 0 bridgehead atoms. The summed E-state index contributed by atoms with van der Waals surface area (Å²) in [6.45, 7) is 5.67. The van der Waals surface area contributed by atoms with Gasteiger partial charge in [-0.1, -0.05) is 6.92 Å². The fourth-order valence-corrected chi connectivity index (χ4v) is 2.69. The van der Waals surface area contributed by atoms with Gasteiger partial charge in [-0.3, -0.25) is 0 Å². The molecule has 3 heterocycles. The highest BCUT2D eigenvalue weighted by molar-refractivity contribution is 5.43. The number of hydrogen-bond acceptors (Lipinski definition) is 4. The van der Waals surface area contributed by atoms with Crippen molar-refractivity contribution in [3.05, 3.63) is 24.2 Å². The van der Waals surface area contributed by atoms with E-state index in [0.29, 0.717) is 5.92 Å². The molecule has 102 valence electrons. The van der Waals surface area contributed by atoms with Gasteiger partial charge in [-0.15, -0.1) is 0 Å². The summed E-state index contributed by atoms with van der Waals surface area (Å²) in [6.07, 6.45) is 4.22. The number of hydrogen-bond donors (Lipinski definition) is 0. The molecular weight excluding hydrogens is 240 g/mol. The average Bonchev–Trinajstić information content (AvgIpc) is 2.90. The van der Waals surface area contributed by atoms with E-state index in [9.17, 15) is 0 Å². The minimum atomic E-state index is 0.494. The predicted octanol–water partition coefficient (Wildman–Crippen LogP) is 1.94. The Bertz CT molecular complexity index is 558. The highest BCUT2D eigenvalue weighted by atomic mass is 16.5. The summed E-state index contributed by atoms with van der Waals surface area (Å²) in [6, 6.07) is 3.84. The zero-order chi connectivity index (χ0) is 13.2. The number of methoxy groups -OCH3 is 1. The first-order chi connectivity index (χ1) is 9.30. The Labute approximate surface area is 113 Å². The van der Waals surface area contributed by atoms with Crippen molar-refractivity contribution in [3.63, 3.8) is 0 Å². The molecule has 1 fully saturated rings. The lowest BCUT2D eigenvalue weighted by molar-refractivity contribution is 0.219. The Kier molecular flexibility index (Phi) is 3.38. The monoisotopic (exact) mass is 260 g/mol. The molecule has 19 heavy (non-hydrogen) atoms. The maximum absolute atomic E-state index is 5.22. The van der Waals surface area contributed by atoms with Crippen LogP contribution in [0.1, 0.15) is 31.5 Å². The molecule has 2 aromatic rings. The zero-order valence-corrected chi connectivity index (χ0v) is 11.5. The lowest BCUT2D eigenvalue weighted by Gasteiger charge is -2.29. The number of ether oxygens (including phenoxy) is 1. The quantitative estimate of drug-likeness (QED) is 0.846. The highest BCUT2D eigenvalue weighted by Crippen LogP contribution is 2.26. The molecule has 3 rings (SSSR count). The van der Waals surface area contributed by atoms with E-state index < -0.39 is 0 Å². The van der Waals surface area contributed by atoms with Crippen LogP contribution in [0.25, 0.3) is 5.65 Å². The zero-order valence-electron chi connectivity index (χ0n) is 11.5. The largest absolute Gasteiger partial charge is 0.497 e. The number of piperidine rings is 1. The van der Waals surface area contributed by atoms with E-state index in [0.717, 1.165) is 49.7 Å². The fourth-order valence-electron chi connectivity index (χ4n) is 2.69. The van der Waals surface area contributed by atoms with Crippen LogP contribution in [0.4, 0.5) is 0 Å². The first-order valence-electron chi connectivity index (χ1n) is 6.93. The Balaban J connectivity index is 1.81. The van der Waals surface area contributed by atoms with Gasteiger partial charge in [0.2, 0.25) is 0 Å². The van der Waals surface area contributed by atoms with Crippen molar-refractivity contribution < 1.29 is 4.74 Å². The van der Waals surface area contributed by atoms with E-state index >= 15 is 0 Å². The third kappa shape index (κ3) is 2.42. The van der Waals surface area contributed by atoms with Gasteiger partial charge in [0.1, 0.15) is 5.75 Å². The summed E-state index contributed by atoms with van der Waals surface area (Å²) < 4.78 is 7.06. The molecule has 5 nitrogen and oxygen atoms in total. The summed E-state index contributed by atoms with van der Waals surface area (Å²) in [7, 11) is 1.67. The van der Waals surface area contributed by atoms with Crippen molar-refractivity contribution >= 4 is 5.65 Å². The Morgan fingerprint density at radius 3 is 2.84 bits per heavy atom. The second kappa shape index (κ2) is 5.17. The Morgan fingerprint density at radius 2 is 2.16 bits per heavy atom. The number of likely N-dealkylation sites (tertiary alicyclic amines) is 1. The minimum Gasteiger partial charge on any atom is -0.497 e. The van der Waals surface area contributed by atoms with Gasteiger partial charge in [-0.25, -0.2) is 9.50 Å². The van der Waals surface area contributed by atoms with Gasteiger partial charge < -0.3 is 9.64 Å². The van der Waals surface area contributed by atoms with Crippen LogP contribution in [0, 0.1) is 0 Å². The summed E-state index contributed by atoms with van der Waals surface area (Å²) in [5.41, 5.74) is 0.868. The maximum atomic E-state index is 5.22. The van der Waals surface area contributed by atoms with Gasteiger partial charge in [-0.2, -0.15) is 5.10 Å². The van der Waals surface area contributed by atoms with Crippen molar-refractivity contribution in [3.8, 4) is 5.75 Å². The number of rotatable bonds is 3. The van der Waals surface area contributed by atoms with E-state index in [1.807, 2.05) is 22.8 Å². The van der Waals surface area contributed by atoms with E-state index in [4.69, 9.17) is 4.74 Å². The molecule has 0 atom stereocenters. The summed E-state index contributed by atoms with van der Waals surface area (Å²) >= 11 is 0. The first kappa shape index (κ1) is 12.4. The molecule has 0 unspecified atom stereocenters. The van der Waals surface area contributed by atoms with Gasteiger partial charge in [0, 0.05) is 18.2 Å². The fraction of sp³-hybridized carbons (Fsp3) is 0.571. The molecule has 0 aromatic carbocycles. The van der Waals surface area contributed by atoms with Crippen LogP contribution in [0.5, 0.6) is 5.75 Å². The molecule has 0 spiro atoms. The first-order valence-corrected chi connectivity index (χ1v) is 6.93. The van der Waals surface area contributed by atoms with Crippen molar-refractivity contribution in [1.29, 1.82) is 0 Å². The molecule has 1 aliphatic rings. The number of aromatic nitrogens is 3. The van der Waals surface area contributed by atoms with Crippen LogP contribution < -0.4 is 4.74 Å². The van der Waals surface area contributed by atoms with Crippen LogP contribution in [0.15, 0.2) is 18.3 Å². The second-order valence-electron chi connectivity index (χ2n) is 5.05. The van der Waals surface area contributed by atoms with Gasteiger partial charge in [0.15, 0.2) is 11.5 Å². The third-order valence-corrected chi connectivity index (χ3v) is 3.96. The third-order valence-electron chi connectivity index (χ3n) is 3.96. The highest BCUT2D eigenvalue weighted by Gasteiger charge is 2.23. The molecule has 0 amide bonds. The van der Waals surface area contributed by atoms with E-state index in [1.54, 1.807) is 7.11 Å². The SMILES string of the molecule is CCN1CCC(c2nc3cc(OC)ccn3n2)CC1. The minimum absolute atomic E-state index is 0.494. The normalized spacial score (nSPS) is 18.0. The molecule has 1 saturated heterocycles. The van der Waals surface area contributed by atoms with Crippen LogP contribution in [-0.4, -0.2) is 46.2 Å². The van der Waals surface area contributed by atoms with E-state index in [2.05, 4.69) is 21.9 Å². The van der Waals surface area contributed by atoms with Gasteiger partial charge >= 0.3 is 0 Å². The summed E-state index contributed by atoms with van der Waals surface area (Å²) in [5.74, 6) is 2.30. The second-order valence-corrected chi connectivity index (χ2v) is 5.05. The summed E-state index contributed by atoms with van der Waals surface area (Å²) in [5, 5.41) is 4.59. The van der Waals surface area contributed by atoms with Crippen molar-refractivity contribution in [2.75, 3.05) is 26.7 Å². The molecule has 1 aliphatic heterocycles. The molecule has 0 N–H and O–H groups in total. The van der Waals surface area contributed by atoms with Crippen molar-refractivity contribution in [2.24, 2.45) is 0 Å². The van der Waals surface area contributed by atoms with E-state index in [1.165, 1.54) is 0 Å². The molecule has 0 radical (unpaired) electrons. The lowest BCUT2D eigenvalue weighted by atomic mass is 9.96. The molecule has 5 heteroatoms. The molecular formula is C14H20N4O. The smallest absolute Gasteiger partial charge is 0.159 e. The molecule has 2 aromatic heterocycles. The summed E-state index contributed by atoms with van der Waals surface area (Å²) in [4.78, 5) is 7.13. The van der Waals surface area contributed by atoms with Crippen LogP contribution in [0.3, 0.4) is 0 Å². The lowest BCUT2D eigenvalue weighted by Crippen LogP contribution is -2.32. The van der Waals surface area contributed by atoms with Crippen LogP contribution >= 0.6 is 0 Å². The van der Waals surface area contributed by atoms with E-state index in [-0.39, 0.29) is 0 Å². The Morgan fingerprint density at radius 1 is 1.37 bits per heavy atom. The van der Waals surface area contributed by atoms with Gasteiger partial charge in [-0.05, 0) is 38.5 Å². The maximum Gasteiger partial charge on any atom is 0.159 e. The van der Waals surface area contributed by atoms with Crippen LogP contribution in [-0.2, 0) is 0 Å². The standard InChI is InChI=1S/C14H20N4O/c1-3-17-7-4-11(5-8-17)14-15-13-10-12(19-2)6-9-18(13)16-14/h6,9-11H,3-5,7-8H2,1-2H3. The molecule has 0 aliphatic carbocycles. The number of fused-ring (bicyclic) bond motifs is 1. The predicted molar refractivity (Wildman–Crippen MR) is 73.6 cm³/mol. The number of nitrogens with zero attached hydrogens (tertiary/aromatic N) is 4. The average molecular weight is 260 g/mol. The topological polar surface area (TPSA) is 42.7 Å². The molecule has 0 saturated carbocycles. The van der Waals surface area contributed by atoms with Crippen LogP contribution in [0.2, 0.25) is 0 Å². The van der Waals surface area contributed by atoms with Crippen molar-refractivity contribution in [1.82, 2.24) is 19.5 Å².